The highest BCUT2D eigenvalue weighted by atomic mass is 16.5. The molecule has 0 saturated heterocycles. The van der Waals surface area contributed by atoms with Gasteiger partial charge in [-0.3, -0.25) is 14.9 Å². The number of carbonyl (C=O) groups excluding carboxylic acids is 2. The number of hydrogen-bond donors (Lipinski definition) is 3. The van der Waals surface area contributed by atoms with Crippen LogP contribution in [0.3, 0.4) is 0 Å². The number of aliphatic carboxylic acids is 1. The zero-order valence-electron chi connectivity index (χ0n) is 12.8. The van der Waals surface area contributed by atoms with Crippen LogP contribution in [0.2, 0.25) is 0 Å². The molecule has 1 aliphatic rings. The zero-order valence-corrected chi connectivity index (χ0v) is 12.8. The minimum Gasteiger partial charge on any atom is -0.481 e. The summed E-state index contributed by atoms with van der Waals surface area (Å²) in [6.07, 6.45) is 2.71. The number of rotatable bonds is 8. The van der Waals surface area contributed by atoms with Gasteiger partial charge in [-0.2, -0.15) is 0 Å². The van der Waals surface area contributed by atoms with Gasteiger partial charge in [0.1, 0.15) is 0 Å². The Morgan fingerprint density at radius 2 is 1.90 bits per heavy atom. The lowest BCUT2D eigenvalue weighted by molar-refractivity contribution is -0.149. The van der Waals surface area contributed by atoms with Gasteiger partial charge in [0.2, 0.25) is 5.91 Å². The third-order valence-corrected chi connectivity index (χ3v) is 3.85. The van der Waals surface area contributed by atoms with Crippen LogP contribution in [0.4, 0.5) is 4.79 Å². The molecule has 0 bridgehead atoms. The number of carbonyl (C=O) groups is 3. The SMILES string of the molecule is COCCC1(CNC(=O)NC(=O)CC(C)(C)C(=O)O)CC1. The second-order valence-corrected chi connectivity index (χ2v) is 6.34. The van der Waals surface area contributed by atoms with Crippen molar-refractivity contribution in [1.29, 1.82) is 0 Å². The van der Waals surface area contributed by atoms with Crippen molar-refractivity contribution in [2.24, 2.45) is 10.8 Å². The Bertz CT molecular complexity index is 416. The molecule has 3 N–H and O–H groups in total. The van der Waals surface area contributed by atoms with E-state index < -0.39 is 23.3 Å². The molecule has 1 rings (SSSR count). The van der Waals surface area contributed by atoms with Gasteiger partial charge in [-0.05, 0) is 38.5 Å². The summed E-state index contributed by atoms with van der Waals surface area (Å²) in [7, 11) is 1.64. The molecule has 0 aromatic heterocycles. The lowest BCUT2D eigenvalue weighted by Crippen LogP contribution is -2.43. The molecule has 0 radical (unpaired) electrons. The van der Waals surface area contributed by atoms with Crippen molar-refractivity contribution in [2.75, 3.05) is 20.3 Å². The summed E-state index contributed by atoms with van der Waals surface area (Å²) in [4.78, 5) is 34.2. The first kappa shape index (κ1) is 17.4. The van der Waals surface area contributed by atoms with Crippen LogP contribution < -0.4 is 10.6 Å². The van der Waals surface area contributed by atoms with Crippen LogP contribution in [0, 0.1) is 10.8 Å². The summed E-state index contributed by atoms with van der Waals surface area (Å²) >= 11 is 0. The van der Waals surface area contributed by atoms with Crippen LogP contribution in [0.15, 0.2) is 0 Å². The summed E-state index contributed by atoms with van der Waals surface area (Å²) in [5.41, 5.74) is -1.10. The molecule has 0 aromatic carbocycles. The average molecular weight is 300 g/mol. The van der Waals surface area contributed by atoms with Crippen molar-refractivity contribution in [3.05, 3.63) is 0 Å². The number of imide groups is 1. The lowest BCUT2D eigenvalue weighted by atomic mass is 9.89. The summed E-state index contributed by atoms with van der Waals surface area (Å²) in [6, 6.07) is -0.579. The molecule has 0 heterocycles. The van der Waals surface area contributed by atoms with E-state index in [1.807, 2.05) is 0 Å². The molecular formula is C14H24N2O5. The summed E-state index contributed by atoms with van der Waals surface area (Å²) < 4.78 is 5.03. The van der Waals surface area contributed by atoms with Crippen molar-refractivity contribution in [3.8, 4) is 0 Å². The van der Waals surface area contributed by atoms with Crippen molar-refractivity contribution in [3.63, 3.8) is 0 Å². The number of amides is 3. The fourth-order valence-corrected chi connectivity index (χ4v) is 1.97. The Morgan fingerprint density at radius 1 is 1.29 bits per heavy atom. The van der Waals surface area contributed by atoms with Gasteiger partial charge in [0.05, 0.1) is 5.41 Å². The van der Waals surface area contributed by atoms with Gasteiger partial charge in [-0.1, -0.05) is 0 Å². The van der Waals surface area contributed by atoms with Crippen molar-refractivity contribution in [1.82, 2.24) is 10.6 Å². The van der Waals surface area contributed by atoms with Gasteiger partial charge >= 0.3 is 12.0 Å². The molecule has 7 heteroatoms. The third-order valence-electron chi connectivity index (χ3n) is 3.85. The Kier molecular flexibility index (Phi) is 5.71. The summed E-state index contributed by atoms with van der Waals surface area (Å²) in [6.45, 7) is 4.03. The smallest absolute Gasteiger partial charge is 0.321 e. The molecule has 1 saturated carbocycles. The number of nitrogens with one attached hydrogen (secondary N) is 2. The molecule has 21 heavy (non-hydrogen) atoms. The van der Waals surface area contributed by atoms with Crippen LogP contribution in [-0.2, 0) is 14.3 Å². The van der Waals surface area contributed by atoms with E-state index in [1.54, 1.807) is 7.11 Å². The quantitative estimate of drug-likeness (QED) is 0.623. The van der Waals surface area contributed by atoms with Gasteiger partial charge in [-0.15, -0.1) is 0 Å². The summed E-state index contributed by atoms with van der Waals surface area (Å²) in [5.74, 6) is -1.67. The van der Waals surface area contributed by atoms with Crippen LogP contribution >= 0.6 is 0 Å². The monoisotopic (exact) mass is 300 g/mol. The van der Waals surface area contributed by atoms with Gasteiger partial charge < -0.3 is 15.2 Å². The van der Waals surface area contributed by atoms with E-state index in [0.717, 1.165) is 19.3 Å². The maximum absolute atomic E-state index is 11.6. The van der Waals surface area contributed by atoms with Gasteiger partial charge in [0.15, 0.2) is 0 Å². The van der Waals surface area contributed by atoms with Crippen LogP contribution in [-0.4, -0.2) is 43.3 Å². The lowest BCUT2D eigenvalue weighted by Gasteiger charge is -2.19. The molecule has 120 valence electrons. The molecular weight excluding hydrogens is 276 g/mol. The van der Waals surface area contributed by atoms with Crippen molar-refractivity contribution >= 4 is 17.9 Å². The maximum Gasteiger partial charge on any atom is 0.321 e. The second-order valence-electron chi connectivity index (χ2n) is 6.34. The predicted molar refractivity (Wildman–Crippen MR) is 75.7 cm³/mol. The topological polar surface area (TPSA) is 105 Å². The first-order valence-corrected chi connectivity index (χ1v) is 7.01. The Morgan fingerprint density at radius 3 is 2.38 bits per heavy atom. The first-order valence-electron chi connectivity index (χ1n) is 7.01. The van der Waals surface area contributed by atoms with E-state index in [-0.39, 0.29) is 11.8 Å². The van der Waals surface area contributed by atoms with E-state index in [4.69, 9.17) is 9.84 Å². The van der Waals surface area contributed by atoms with E-state index in [9.17, 15) is 14.4 Å². The van der Waals surface area contributed by atoms with E-state index in [1.165, 1.54) is 13.8 Å². The Balaban J connectivity index is 2.31. The Labute approximate surface area is 124 Å². The van der Waals surface area contributed by atoms with Gasteiger partial charge in [0, 0.05) is 26.7 Å². The highest BCUT2D eigenvalue weighted by Gasteiger charge is 2.42. The van der Waals surface area contributed by atoms with Crippen LogP contribution in [0.1, 0.15) is 39.5 Å². The fourth-order valence-electron chi connectivity index (χ4n) is 1.97. The third kappa shape index (κ3) is 5.71. The highest BCUT2D eigenvalue weighted by Crippen LogP contribution is 2.48. The standard InChI is InChI=1S/C14H24N2O5/c1-13(2,11(18)19)8-10(17)16-12(20)15-9-14(4-5-14)6-7-21-3/h4-9H2,1-3H3,(H,18,19)(H2,15,16,17,20). The zero-order chi connectivity index (χ0) is 16.1. The maximum atomic E-state index is 11.6. The fraction of sp³-hybridized carbons (Fsp3) is 0.786. The molecule has 0 aromatic rings. The van der Waals surface area contributed by atoms with E-state index >= 15 is 0 Å². The second kappa shape index (κ2) is 6.89. The molecule has 0 spiro atoms. The largest absolute Gasteiger partial charge is 0.481 e. The van der Waals surface area contributed by atoms with E-state index in [2.05, 4.69) is 10.6 Å². The number of carboxylic acids is 1. The van der Waals surface area contributed by atoms with Gasteiger partial charge in [0.25, 0.3) is 0 Å². The first-order chi connectivity index (χ1) is 9.71. The molecule has 1 fully saturated rings. The molecule has 7 nitrogen and oxygen atoms in total. The molecule has 0 unspecified atom stereocenters. The molecule has 3 amide bonds. The van der Waals surface area contributed by atoms with E-state index in [0.29, 0.717) is 13.2 Å². The average Bonchev–Trinajstić information content (AvgIpc) is 3.13. The molecule has 0 aliphatic heterocycles. The van der Waals surface area contributed by atoms with Crippen molar-refractivity contribution < 1.29 is 24.2 Å². The normalized spacial score (nSPS) is 16.1. The number of ether oxygens (including phenoxy) is 1. The number of carboxylic acid groups (broad SMARTS) is 1. The number of hydrogen-bond acceptors (Lipinski definition) is 4. The highest BCUT2D eigenvalue weighted by molar-refractivity contribution is 5.96. The number of urea groups is 1. The Hall–Kier alpha value is -1.63. The van der Waals surface area contributed by atoms with Crippen molar-refractivity contribution in [2.45, 2.75) is 39.5 Å². The van der Waals surface area contributed by atoms with Gasteiger partial charge in [-0.25, -0.2) is 4.79 Å². The minimum absolute atomic E-state index is 0.0940. The minimum atomic E-state index is -1.19. The number of methoxy groups -OCH3 is 1. The predicted octanol–water partition coefficient (Wildman–Crippen LogP) is 1.13. The van der Waals surface area contributed by atoms with Crippen LogP contribution in [0.5, 0.6) is 0 Å². The molecule has 1 aliphatic carbocycles. The summed E-state index contributed by atoms with van der Waals surface area (Å²) in [5, 5.41) is 13.8. The van der Waals surface area contributed by atoms with Crippen LogP contribution in [0.25, 0.3) is 0 Å². The molecule has 0 atom stereocenters.